The lowest BCUT2D eigenvalue weighted by atomic mass is 9.92. The van der Waals surface area contributed by atoms with Crippen LogP contribution >= 0.6 is 0 Å². The average Bonchev–Trinajstić information content (AvgIpc) is 2.92. The molecular formula is C28H31N5O2. The standard InChI is InChI=1S/C28H31N5O2/c34-24(21-35-28-5-1-4-27-25(28)3-2-10-31-27)19-32-15-17-33(18-16-32)20-26(22-6-11-29-12-7-22)23-8-13-30-14-9-23/h1-14,24,26,34H,15-21H2. The van der Waals surface area contributed by atoms with E-state index in [9.17, 15) is 5.11 Å². The molecule has 0 aliphatic carbocycles. The number of pyridine rings is 3. The maximum atomic E-state index is 10.6. The van der Waals surface area contributed by atoms with Gasteiger partial charge in [-0.2, -0.15) is 0 Å². The monoisotopic (exact) mass is 469 g/mol. The fraction of sp³-hybridized carbons (Fsp3) is 0.321. The number of aliphatic hydroxyl groups is 1. The van der Waals surface area contributed by atoms with E-state index in [-0.39, 0.29) is 12.5 Å². The second-order valence-corrected chi connectivity index (χ2v) is 9.01. The summed E-state index contributed by atoms with van der Waals surface area (Å²) in [5.41, 5.74) is 3.43. The van der Waals surface area contributed by atoms with Crippen LogP contribution in [0.4, 0.5) is 0 Å². The molecule has 1 N–H and O–H groups in total. The van der Waals surface area contributed by atoms with Crippen molar-refractivity contribution in [2.75, 3.05) is 45.9 Å². The first-order valence-electron chi connectivity index (χ1n) is 12.2. The normalized spacial score (nSPS) is 15.9. The molecular weight excluding hydrogens is 438 g/mol. The van der Waals surface area contributed by atoms with E-state index in [1.807, 2.05) is 55.1 Å². The summed E-state index contributed by atoms with van der Waals surface area (Å²) in [7, 11) is 0. The van der Waals surface area contributed by atoms with Gasteiger partial charge in [-0.3, -0.25) is 24.8 Å². The highest BCUT2D eigenvalue weighted by Crippen LogP contribution is 2.26. The van der Waals surface area contributed by atoms with Gasteiger partial charge in [0.15, 0.2) is 0 Å². The summed E-state index contributed by atoms with van der Waals surface area (Å²) in [6, 6.07) is 18.1. The Labute approximate surface area is 206 Å². The average molecular weight is 470 g/mol. The first-order valence-corrected chi connectivity index (χ1v) is 12.2. The van der Waals surface area contributed by atoms with Gasteiger partial charge in [0, 0.05) is 81.6 Å². The van der Waals surface area contributed by atoms with Gasteiger partial charge >= 0.3 is 0 Å². The molecule has 1 fully saturated rings. The second-order valence-electron chi connectivity index (χ2n) is 9.01. The van der Waals surface area contributed by atoms with Crippen LogP contribution in [0.15, 0.2) is 85.6 Å². The van der Waals surface area contributed by atoms with E-state index in [1.165, 1.54) is 11.1 Å². The maximum Gasteiger partial charge on any atom is 0.128 e. The number of nitrogens with zero attached hydrogens (tertiary/aromatic N) is 5. The van der Waals surface area contributed by atoms with E-state index in [1.54, 1.807) is 6.20 Å². The smallest absolute Gasteiger partial charge is 0.128 e. The lowest BCUT2D eigenvalue weighted by molar-refractivity contribution is 0.0459. The van der Waals surface area contributed by atoms with E-state index in [0.29, 0.717) is 6.54 Å². The number of hydrogen-bond donors (Lipinski definition) is 1. The Morgan fingerprint density at radius 2 is 1.37 bits per heavy atom. The number of aliphatic hydroxyl groups excluding tert-OH is 1. The third kappa shape index (κ3) is 6.00. The second kappa shape index (κ2) is 11.4. The van der Waals surface area contributed by atoms with Crippen LogP contribution in [0.1, 0.15) is 17.0 Å². The topological polar surface area (TPSA) is 74.6 Å². The molecule has 0 radical (unpaired) electrons. The molecule has 3 aromatic heterocycles. The Kier molecular flexibility index (Phi) is 7.58. The number of fused-ring (bicyclic) bond motifs is 1. The predicted octanol–water partition coefficient (Wildman–Crippen LogP) is 3.21. The van der Waals surface area contributed by atoms with Crippen LogP contribution in [0.2, 0.25) is 0 Å². The molecule has 7 heteroatoms. The highest BCUT2D eigenvalue weighted by molar-refractivity contribution is 5.84. The summed E-state index contributed by atoms with van der Waals surface area (Å²) < 4.78 is 5.96. The Bertz CT molecular complexity index is 1150. The molecule has 7 nitrogen and oxygen atoms in total. The summed E-state index contributed by atoms with van der Waals surface area (Å²) in [6.45, 7) is 5.60. The van der Waals surface area contributed by atoms with Crippen molar-refractivity contribution in [2.24, 2.45) is 0 Å². The van der Waals surface area contributed by atoms with Crippen molar-refractivity contribution < 1.29 is 9.84 Å². The molecule has 1 atom stereocenters. The molecule has 0 saturated carbocycles. The van der Waals surface area contributed by atoms with Gasteiger partial charge in [-0.15, -0.1) is 0 Å². The van der Waals surface area contributed by atoms with Crippen molar-refractivity contribution in [1.29, 1.82) is 0 Å². The van der Waals surface area contributed by atoms with Gasteiger partial charge in [-0.05, 0) is 59.7 Å². The molecule has 0 bridgehead atoms. The number of benzene rings is 1. The van der Waals surface area contributed by atoms with Crippen LogP contribution in [0, 0.1) is 0 Å². The van der Waals surface area contributed by atoms with Crippen LogP contribution < -0.4 is 4.74 Å². The van der Waals surface area contributed by atoms with Crippen LogP contribution in [0.5, 0.6) is 5.75 Å². The Morgan fingerprint density at radius 1 is 0.743 bits per heavy atom. The summed E-state index contributed by atoms with van der Waals surface area (Å²) in [5.74, 6) is 1.04. The maximum absolute atomic E-state index is 10.6. The molecule has 1 aliphatic heterocycles. The fourth-order valence-electron chi connectivity index (χ4n) is 4.75. The van der Waals surface area contributed by atoms with E-state index in [2.05, 4.69) is 49.0 Å². The number of β-amino-alcohol motifs (C(OH)–C–C–N with tert-alkyl or cyclic N) is 1. The highest BCUT2D eigenvalue weighted by Gasteiger charge is 2.23. The van der Waals surface area contributed by atoms with Crippen molar-refractivity contribution in [1.82, 2.24) is 24.8 Å². The zero-order valence-electron chi connectivity index (χ0n) is 19.8. The van der Waals surface area contributed by atoms with Crippen LogP contribution in [0.3, 0.4) is 0 Å². The number of piperazine rings is 1. The molecule has 1 aliphatic rings. The third-order valence-corrected chi connectivity index (χ3v) is 6.63. The van der Waals surface area contributed by atoms with Crippen molar-refractivity contribution in [3.8, 4) is 5.75 Å². The van der Waals surface area contributed by atoms with Gasteiger partial charge < -0.3 is 9.84 Å². The Morgan fingerprint density at radius 3 is 2.03 bits per heavy atom. The van der Waals surface area contributed by atoms with Gasteiger partial charge in [0.1, 0.15) is 18.5 Å². The van der Waals surface area contributed by atoms with E-state index >= 15 is 0 Å². The fourth-order valence-corrected chi connectivity index (χ4v) is 4.75. The molecule has 1 unspecified atom stereocenters. The van der Waals surface area contributed by atoms with Crippen molar-refractivity contribution >= 4 is 10.9 Å². The van der Waals surface area contributed by atoms with Crippen LogP contribution in [0.25, 0.3) is 10.9 Å². The molecule has 5 rings (SSSR count). The third-order valence-electron chi connectivity index (χ3n) is 6.63. The minimum Gasteiger partial charge on any atom is -0.490 e. The predicted molar refractivity (Wildman–Crippen MR) is 136 cm³/mol. The zero-order valence-corrected chi connectivity index (χ0v) is 19.8. The van der Waals surface area contributed by atoms with Crippen molar-refractivity contribution in [3.05, 3.63) is 96.7 Å². The molecule has 1 saturated heterocycles. The quantitative estimate of drug-likeness (QED) is 0.403. The summed E-state index contributed by atoms with van der Waals surface area (Å²) in [6.07, 6.45) is 8.67. The number of hydrogen-bond acceptors (Lipinski definition) is 7. The minimum absolute atomic E-state index is 0.264. The van der Waals surface area contributed by atoms with E-state index in [0.717, 1.165) is 49.4 Å². The first kappa shape index (κ1) is 23.4. The van der Waals surface area contributed by atoms with Gasteiger partial charge in [-0.25, -0.2) is 0 Å². The van der Waals surface area contributed by atoms with E-state index in [4.69, 9.17) is 4.74 Å². The van der Waals surface area contributed by atoms with Gasteiger partial charge in [0.2, 0.25) is 0 Å². The Balaban J connectivity index is 1.13. The zero-order chi connectivity index (χ0) is 23.9. The molecule has 1 aromatic carbocycles. The number of aromatic nitrogens is 3. The largest absolute Gasteiger partial charge is 0.490 e. The van der Waals surface area contributed by atoms with Crippen LogP contribution in [-0.2, 0) is 0 Å². The summed E-state index contributed by atoms with van der Waals surface area (Å²) in [4.78, 5) is 17.6. The minimum atomic E-state index is -0.546. The highest BCUT2D eigenvalue weighted by atomic mass is 16.5. The lowest BCUT2D eigenvalue weighted by Crippen LogP contribution is -2.50. The van der Waals surface area contributed by atoms with Crippen molar-refractivity contribution in [3.63, 3.8) is 0 Å². The number of ether oxygens (including phenoxy) is 1. The molecule has 4 heterocycles. The van der Waals surface area contributed by atoms with Crippen LogP contribution in [-0.4, -0.2) is 81.8 Å². The molecule has 0 amide bonds. The Hall–Kier alpha value is -3.39. The lowest BCUT2D eigenvalue weighted by Gasteiger charge is -2.37. The van der Waals surface area contributed by atoms with Gasteiger partial charge in [-0.1, -0.05) is 6.07 Å². The summed E-state index contributed by atoms with van der Waals surface area (Å²) >= 11 is 0. The van der Waals surface area contributed by atoms with E-state index < -0.39 is 6.10 Å². The van der Waals surface area contributed by atoms with Gasteiger partial charge in [0.25, 0.3) is 0 Å². The summed E-state index contributed by atoms with van der Waals surface area (Å²) in [5, 5.41) is 11.6. The SMILES string of the molecule is OC(COc1cccc2ncccc12)CN1CCN(CC(c2ccncc2)c2ccncc2)CC1. The molecule has 180 valence electrons. The first-order chi connectivity index (χ1) is 17.3. The number of rotatable bonds is 9. The van der Waals surface area contributed by atoms with Crippen molar-refractivity contribution in [2.45, 2.75) is 12.0 Å². The van der Waals surface area contributed by atoms with Gasteiger partial charge in [0.05, 0.1) is 5.52 Å². The molecule has 35 heavy (non-hydrogen) atoms. The molecule has 0 spiro atoms. The molecule has 4 aromatic rings.